The van der Waals surface area contributed by atoms with Crippen LogP contribution >= 0.6 is 0 Å². The zero-order valence-electron chi connectivity index (χ0n) is 16.4. The van der Waals surface area contributed by atoms with Gasteiger partial charge in [0.1, 0.15) is 11.5 Å². The van der Waals surface area contributed by atoms with Gasteiger partial charge in [0.2, 0.25) is 5.91 Å². The molecule has 1 saturated carbocycles. The van der Waals surface area contributed by atoms with Crippen LogP contribution in [0.1, 0.15) is 51.9 Å². The van der Waals surface area contributed by atoms with Crippen molar-refractivity contribution < 1.29 is 23.8 Å². The van der Waals surface area contributed by atoms with Gasteiger partial charge in [-0.25, -0.2) is 0 Å². The minimum Gasteiger partial charge on any atom is -0.497 e. The van der Waals surface area contributed by atoms with Crippen molar-refractivity contribution in [3.8, 4) is 11.5 Å². The molecule has 0 heterocycles. The van der Waals surface area contributed by atoms with Crippen LogP contribution in [0.25, 0.3) is 0 Å². The van der Waals surface area contributed by atoms with E-state index in [0.29, 0.717) is 32.6 Å². The van der Waals surface area contributed by atoms with Gasteiger partial charge in [-0.15, -0.1) is 0 Å². The smallest absolute Gasteiger partial charge is 0.307 e. The predicted octanol–water partition coefficient (Wildman–Crippen LogP) is 3.58. The summed E-state index contributed by atoms with van der Waals surface area (Å²) in [6, 6.07) is 7.65. The molecule has 27 heavy (non-hydrogen) atoms. The van der Waals surface area contributed by atoms with E-state index < -0.39 is 0 Å². The molecule has 0 saturated heterocycles. The van der Waals surface area contributed by atoms with Crippen LogP contribution in [-0.4, -0.2) is 49.7 Å². The molecule has 1 aliphatic rings. The number of esters is 1. The summed E-state index contributed by atoms with van der Waals surface area (Å²) in [5.74, 6) is 1.41. The van der Waals surface area contributed by atoms with Gasteiger partial charge in [0.05, 0.1) is 26.7 Å². The highest BCUT2D eigenvalue weighted by atomic mass is 16.5. The maximum Gasteiger partial charge on any atom is 0.307 e. The van der Waals surface area contributed by atoms with Gasteiger partial charge in [-0.05, 0) is 50.5 Å². The predicted molar refractivity (Wildman–Crippen MR) is 103 cm³/mol. The first-order chi connectivity index (χ1) is 13.1. The van der Waals surface area contributed by atoms with Crippen LogP contribution in [0.3, 0.4) is 0 Å². The second-order valence-corrected chi connectivity index (χ2v) is 6.71. The lowest BCUT2D eigenvalue weighted by atomic mass is 10.1. The van der Waals surface area contributed by atoms with Crippen molar-refractivity contribution in [1.82, 2.24) is 4.90 Å². The van der Waals surface area contributed by atoms with Crippen molar-refractivity contribution >= 4 is 11.9 Å². The first kappa shape index (κ1) is 21.1. The van der Waals surface area contributed by atoms with Crippen LogP contribution in [0.4, 0.5) is 0 Å². The summed E-state index contributed by atoms with van der Waals surface area (Å²) in [7, 11) is 1.62. The second-order valence-electron chi connectivity index (χ2n) is 6.71. The number of benzene rings is 1. The third-order valence-electron chi connectivity index (χ3n) is 4.81. The molecule has 1 fully saturated rings. The zero-order chi connectivity index (χ0) is 19.5. The number of hydrogen-bond acceptors (Lipinski definition) is 5. The summed E-state index contributed by atoms with van der Waals surface area (Å²) >= 11 is 0. The molecule has 0 N–H and O–H groups in total. The molecular weight excluding hydrogens is 346 g/mol. The van der Waals surface area contributed by atoms with E-state index in [1.165, 1.54) is 0 Å². The first-order valence-electron chi connectivity index (χ1n) is 9.86. The number of carbonyl (C=O) groups excluding carboxylic acids is 2. The Hall–Kier alpha value is -2.24. The van der Waals surface area contributed by atoms with E-state index in [1.54, 1.807) is 14.0 Å². The molecule has 2 rings (SSSR count). The summed E-state index contributed by atoms with van der Waals surface area (Å²) in [5, 5.41) is 0. The Morgan fingerprint density at radius 3 is 2.37 bits per heavy atom. The molecule has 0 aliphatic heterocycles. The maximum absolute atomic E-state index is 12.7. The Balaban J connectivity index is 1.76. The summed E-state index contributed by atoms with van der Waals surface area (Å²) in [4.78, 5) is 26.2. The average Bonchev–Trinajstić information content (AvgIpc) is 3.20. The molecule has 1 amide bonds. The quantitative estimate of drug-likeness (QED) is 0.436. The third-order valence-corrected chi connectivity index (χ3v) is 4.81. The molecule has 0 aromatic heterocycles. The topological polar surface area (TPSA) is 65.1 Å². The van der Waals surface area contributed by atoms with E-state index in [4.69, 9.17) is 14.2 Å². The van der Waals surface area contributed by atoms with E-state index in [1.807, 2.05) is 29.2 Å². The third kappa shape index (κ3) is 7.12. The first-order valence-corrected chi connectivity index (χ1v) is 9.86. The van der Waals surface area contributed by atoms with Crippen LogP contribution in [-0.2, 0) is 14.3 Å². The van der Waals surface area contributed by atoms with E-state index in [0.717, 1.165) is 37.2 Å². The number of amides is 1. The van der Waals surface area contributed by atoms with Gasteiger partial charge in [0, 0.05) is 19.0 Å². The molecule has 1 aromatic rings. The van der Waals surface area contributed by atoms with Crippen molar-refractivity contribution in [2.24, 2.45) is 0 Å². The highest BCUT2D eigenvalue weighted by Gasteiger charge is 2.26. The van der Waals surface area contributed by atoms with E-state index in [-0.39, 0.29) is 24.3 Å². The Kier molecular flexibility index (Phi) is 8.95. The van der Waals surface area contributed by atoms with E-state index in [2.05, 4.69) is 0 Å². The summed E-state index contributed by atoms with van der Waals surface area (Å²) < 4.78 is 15.8. The molecule has 0 spiro atoms. The molecule has 150 valence electrons. The number of methoxy groups -OCH3 is 1. The molecule has 1 aromatic carbocycles. The fraction of sp³-hybridized carbons (Fsp3) is 0.619. The number of carbonyl (C=O) groups is 2. The Bertz CT molecular complexity index is 581. The lowest BCUT2D eigenvalue weighted by molar-refractivity contribution is -0.144. The van der Waals surface area contributed by atoms with Crippen LogP contribution in [0.2, 0.25) is 0 Å². The average molecular weight is 377 g/mol. The lowest BCUT2D eigenvalue weighted by Gasteiger charge is -2.29. The highest BCUT2D eigenvalue weighted by Crippen LogP contribution is 2.24. The molecule has 6 nitrogen and oxygen atoms in total. The number of rotatable bonds is 11. The Morgan fingerprint density at radius 2 is 1.74 bits per heavy atom. The molecule has 0 atom stereocenters. The highest BCUT2D eigenvalue weighted by molar-refractivity contribution is 5.77. The summed E-state index contributed by atoms with van der Waals surface area (Å²) in [6.07, 6.45) is 5.68. The van der Waals surface area contributed by atoms with Crippen LogP contribution in [0.15, 0.2) is 24.3 Å². The van der Waals surface area contributed by atoms with E-state index >= 15 is 0 Å². The van der Waals surface area contributed by atoms with Crippen LogP contribution in [0.5, 0.6) is 11.5 Å². The Labute approximate surface area is 161 Å². The van der Waals surface area contributed by atoms with Crippen molar-refractivity contribution in [3.05, 3.63) is 24.3 Å². The summed E-state index contributed by atoms with van der Waals surface area (Å²) in [6.45, 7) is 3.09. The molecule has 1 aliphatic carbocycles. The fourth-order valence-corrected chi connectivity index (χ4v) is 3.40. The van der Waals surface area contributed by atoms with Gasteiger partial charge in [0.15, 0.2) is 0 Å². The monoisotopic (exact) mass is 377 g/mol. The minimum atomic E-state index is -0.240. The number of hydrogen-bond donors (Lipinski definition) is 0. The molecule has 6 heteroatoms. The van der Waals surface area contributed by atoms with Crippen molar-refractivity contribution in [1.29, 1.82) is 0 Å². The van der Waals surface area contributed by atoms with Crippen molar-refractivity contribution in [2.75, 3.05) is 26.9 Å². The molecule has 0 unspecified atom stereocenters. The largest absolute Gasteiger partial charge is 0.497 e. The SMILES string of the molecule is CCOC(=O)CCN(C(=O)CCCOc1ccc(OC)cc1)C1CCCC1. The Morgan fingerprint density at radius 1 is 1.07 bits per heavy atom. The summed E-state index contributed by atoms with van der Waals surface area (Å²) in [5.41, 5.74) is 0. The normalized spacial score (nSPS) is 14.0. The zero-order valence-corrected chi connectivity index (χ0v) is 16.4. The molecule has 0 bridgehead atoms. The maximum atomic E-state index is 12.7. The lowest BCUT2D eigenvalue weighted by Crippen LogP contribution is -2.40. The van der Waals surface area contributed by atoms with Crippen LogP contribution < -0.4 is 9.47 Å². The minimum absolute atomic E-state index is 0.101. The molecule has 0 radical (unpaired) electrons. The van der Waals surface area contributed by atoms with Gasteiger partial charge in [-0.1, -0.05) is 12.8 Å². The number of nitrogens with zero attached hydrogens (tertiary/aromatic N) is 1. The van der Waals surface area contributed by atoms with Crippen LogP contribution in [0, 0.1) is 0 Å². The van der Waals surface area contributed by atoms with Gasteiger partial charge < -0.3 is 19.1 Å². The van der Waals surface area contributed by atoms with Gasteiger partial charge in [-0.2, -0.15) is 0 Å². The van der Waals surface area contributed by atoms with Crippen molar-refractivity contribution in [3.63, 3.8) is 0 Å². The number of ether oxygens (including phenoxy) is 3. The standard InChI is InChI=1S/C21H31NO5/c1-3-26-21(24)14-15-22(17-7-4-5-8-17)20(23)9-6-16-27-19-12-10-18(25-2)11-13-19/h10-13,17H,3-9,14-16H2,1-2H3. The van der Waals surface area contributed by atoms with E-state index in [9.17, 15) is 9.59 Å². The van der Waals surface area contributed by atoms with Gasteiger partial charge in [0.25, 0.3) is 0 Å². The fourth-order valence-electron chi connectivity index (χ4n) is 3.40. The molecular formula is C21H31NO5. The van der Waals surface area contributed by atoms with Gasteiger partial charge in [-0.3, -0.25) is 9.59 Å². The van der Waals surface area contributed by atoms with Crippen molar-refractivity contribution in [2.45, 2.75) is 57.9 Å². The van der Waals surface area contributed by atoms with Gasteiger partial charge >= 0.3 is 5.97 Å². The second kappa shape index (κ2) is 11.5.